The van der Waals surface area contributed by atoms with E-state index in [-0.39, 0.29) is 41.4 Å². The van der Waals surface area contributed by atoms with Crippen LogP contribution in [0.15, 0.2) is 48.7 Å². The molecule has 0 spiro atoms. The molecule has 162 valence electrons. The zero-order valence-electron chi connectivity index (χ0n) is 16.7. The van der Waals surface area contributed by atoms with Crippen LogP contribution in [0, 0.1) is 11.3 Å². The van der Waals surface area contributed by atoms with Crippen LogP contribution >= 0.6 is 0 Å². The number of nitrogens with zero attached hydrogens (tertiary/aromatic N) is 3. The van der Waals surface area contributed by atoms with Crippen molar-refractivity contribution in [2.24, 2.45) is 0 Å². The van der Waals surface area contributed by atoms with Crippen LogP contribution < -0.4 is 11.1 Å². The molecule has 10 nitrogen and oxygen atoms in total. The van der Waals surface area contributed by atoms with Gasteiger partial charge in [-0.05, 0) is 42.3 Å². The first kappa shape index (κ1) is 22.2. The summed E-state index contributed by atoms with van der Waals surface area (Å²) in [6, 6.07) is 13.0. The predicted molar refractivity (Wildman–Crippen MR) is 115 cm³/mol. The van der Waals surface area contributed by atoms with Gasteiger partial charge in [0.15, 0.2) is 0 Å². The van der Waals surface area contributed by atoms with Crippen LogP contribution in [0.5, 0.6) is 5.75 Å². The first-order valence-electron chi connectivity index (χ1n) is 9.46. The number of aliphatic hydroxyl groups excluding tert-OH is 1. The number of aliphatic hydroxyl groups is 1. The highest BCUT2D eigenvalue weighted by Gasteiger charge is 2.18. The minimum Gasteiger partial charge on any atom is -0.506 e. The zero-order valence-corrected chi connectivity index (χ0v) is 16.7. The molecule has 0 fully saturated rings. The lowest BCUT2D eigenvalue weighted by Gasteiger charge is -2.13. The summed E-state index contributed by atoms with van der Waals surface area (Å²) in [5.41, 5.74) is 7.78. The highest BCUT2D eigenvalue weighted by Crippen LogP contribution is 2.34. The van der Waals surface area contributed by atoms with E-state index in [1.807, 2.05) is 6.07 Å². The number of amides is 1. The van der Waals surface area contributed by atoms with E-state index in [1.54, 1.807) is 36.4 Å². The Morgan fingerprint density at radius 1 is 1.22 bits per heavy atom. The van der Waals surface area contributed by atoms with Gasteiger partial charge in [-0.15, -0.1) is 0 Å². The van der Waals surface area contributed by atoms with Crippen molar-refractivity contribution in [2.75, 3.05) is 11.1 Å². The van der Waals surface area contributed by atoms with Crippen LogP contribution in [0.1, 0.15) is 18.4 Å². The number of nitrogens with one attached hydrogen (secondary N) is 1. The van der Waals surface area contributed by atoms with Crippen molar-refractivity contribution in [3.8, 4) is 34.3 Å². The van der Waals surface area contributed by atoms with Crippen LogP contribution in [0.3, 0.4) is 0 Å². The molecule has 3 rings (SSSR count). The van der Waals surface area contributed by atoms with Crippen molar-refractivity contribution in [3.63, 3.8) is 0 Å². The van der Waals surface area contributed by atoms with Crippen LogP contribution in [0.25, 0.3) is 22.5 Å². The van der Waals surface area contributed by atoms with Crippen molar-refractivity contribution >= 4 is 23.4 Å². The molecule has 0 saturated heterocycles. The number of benzene rings is 1. The summed E-state index contributed by atoms with van der Waals surface area (Å²) in [6.45, 7) is 0. The molecule has 6 N–H and O–H groups in total. The van der Waals surface area contributed by atoms with Gasteiger partial charge >= 0.3 is 5.97 Å². The van der Waals surface area contributed by atoms with E-state index in [0.29, 0.717) is 16.8 Å². The second-order valence-electron chi connectivity index (χ2n) is 6.82. The molecular weight excluding hydrogens is 414 g/mol. The number of carboxylic acids is 1. The molecule has 2 heterocycles. The number of rotatable bonds is 7. The number of hydrogen-bond acceptors (Lipinski definition) is 8. The maximum Gasteiger partial charge on any atom is 0.303 e. The van der Waals surface area contributed by atoms with Crippen LogP contribution in [-0.4, -0.2) is 43.3 Å². The first-order chi connectivity index (χ1) is 15.3. The second kappa shape index (κ2) is 9.55. The Labute approximate surface area is 182 Å². The Kier molecular flexibility index (Phi) is 6.62. The van der Waals surface area contributed by atoms with Gasteiger partial charge in [-0.1, -0.05) is 12.1 Å². The van der Waals surface area contributed by atoms with Gasteiger partial charge in [0.05, 0.1) is 5.69 Å². The van der Waals surface area contributed by atoms with E-state index in [4.69, 9.17) is 10.8 Å². The molecule has 3 aromatic rings. The SMILES string of the molecule is N#Cc1c(-c2cccc(NC(=O)C(O)CCC(=O)O)c2)cc(-c2ncccc2O)nc1N. The third-order valence-electron chi connectivity index (χ3n) is 4.56. The summed E-state index contributed by atoms with van der Waals surface area (Å²) >= 11 is 0. The number of nitrogen functional groups attached to an aromatic ring is 1. The fraction of sp³-hybridized carbons (Fsp3) is 0.136. The number of pyridine rings is 2. The average molecular weight is 433 g/mol. The Bertz CT molecular complexity index is 1220. The molecule has 0 aliphatic carbocycles. The summed E-state index contributed by atoms with van der Waals surface area (Å²) in [6.07, 6.45) is -0.576. The van der Waals surface area contributed by atoms with Gasteiger partial charge in [0.2, 0.25) is 0 Å². The lowest BCUT2D eigenvalue weighted by Crippen LogP contribution is -2.28. The molecule has 1 unspecified atom stereocenters. The van der Waals surface area contributed by atoms with Crippen LogP contribution in [-0.2, 0) is 9.59 Å². The summed E-state index contributed by atoms with van der Waals surface area (Å²) in [7, 11) is 0. The maximum absolute atomic E-state index is 12.2. The lowest BCUT2D eigenvalue weighted by molar-refractivity contribution is -0.138. The van der Waals surface area contributed by atoms with Crippen molar-refractivity contribution in [1.82, 2.24) is 9.97 Å². The highest BCUT2D eigenvalue weighted by molar-refractivity contribution is 5.95. The lowest BCUT2D eigenvalue weighted by atomic mass is 9.99. The molecule has 0 saturated carbocycles. The molecule has 0 bridgehead atoms. The van der Waals surface area contributed by atoms with Gasteiger partial charge < -0.3 is 26.4 Å². The third-order valence-corrected chi connectivity index (χ3v) is 4.56. The normalized spacial score (nSPS) is 11.4. The standard InChI is InChI=1S/C22H19N5O5/c23-11-15-14(10-16(27-21(15)24)20-17(28)5-2-8-25-20)12-3-1-4-13(9-12)26-22(32)18(29)6-7-19(30)31/h1-5,8-10,18,28-29H,6-7H2,(H2,24,27)(H,26,32)(H,30,31). The number of aromatic nitrogens is 2. The summed E-state index contributed by atoms with van der Waals surface area (Å²) in [5, 5.41) is 40.7. The number of hydrogen-bond donors (Lipinski definition) is 5. The Balaban J connectivity index is 1.96. The van der Waals surface area contributed by atoms with Crippen molar-refractivity contribution < 1.29 is 24.9 Å². The first-order valence-corrected chi connectivity index (χ1v) is 9.46. The monoisotopic (exact) mass is 433 g/mol. The minimum atomic E-state index is -1.49. The fourth-order valence-corrected chi connectivity index (χ4v) is 3.01. The summed E-state index contributed by atoms with van der Waals surface area (Å²) in [4.78, 5) is 31.1. The van der Waals surface area contributed by atoms with E-state index < -0.39 is 18.0 Å². The number of anilines is 2. The van der Waals surface area contributed by atoms with Crippen molar-refractivity contribution in [1.29, 1.82) is 5.26 Å². The summed E-state index contributed by atoms with van der Waals surface area (Å²) < 4.78 is 0. The van der Waals surface area contributed by atoms with Crippen LogP contribution in [0.4, 0.5) is 11.5 Å². The van der Waals surface area contributed by atoms with E-state index in [2.05, 4.69) is 15.3 Å². The van der Waals surface area contributed by atoms with Gasteiger partial charge in [0, 0.05) is 23.9 Å². The average Bonchev–Trinajstić information content (AvgIpc) is 2.77. The van der Waals surface area contributed by atoms with E-state index in [9.17, 15) is 25.1 Å². The van der Waals surface area contributed by atoms with Gasteiger partial charge in [-0.25, -0.2) is 4.98 Å². The predicted octanol–water partition coefficient (Wildman–Crippen LogP) is 2.13. The smallest absolute Gasteiger partial charge is 0.303 e. The molecule has 0 aliphatic rings. The van der Waals surface area contributed by atoms with Crippen molar-refractivity contribution in [3.05, 3.63) is 54.2 Å². The molecule has 1 aromatic carbocycles. The fourth-order valence-electron chi connectivity index (χ4n) is 3.01. The largest absolute Gasteiger partial charge is 0.506 e. The maximum atomic E-state index is 12.2. The second-order valence-corrected chi connectivity index (χ2v) is 6.82. The van der Waals surface area contributed by atoms with Gasteiger partial charge in [0.1, 0.15) is 35.0 Å². The number of carbonyl (C=O) groups excluding carboxylic acids is 1. The molecule has 1 amide bonds. The van der Waals surface area contributed by atoms with Crippen LogP contribution in [0.2, 0.25) is 0 Å². The molecule has 0 aliphatic heterocycles. The third kappa shape index (κ3) is 4.97. The topological polar surface area (TPSA) is 182 Å². The molecular formula is C22H19N5O5. The number of aliphatic carboxylic acids is 1. The molecule has 0 radical (unpaired) electrons. The minimum absolute atomic E-state index is 0.0522. The number of carbonyl (C=O) groups is 2. The molecule has 2 aromatic heterocycles. The Morgan fingerprint density at radius 3 is 2.69 bits per heavy atom. The number of nitrogens with two attached hydrogens (primary N) is 1. The number of nitriles is 1. The van der Waals surface area contributed by atoms with E-state index >= 15 is 0 Å². The Morgan fingerprint density at radius 2 is 2.00 bits per heavy atom. The number of aromatic hydroxyl groups is 1. The molecule has 32 heavy (non-hydrogen) atoms. The van der Waals surface area contributed by atoms with E-state index in [0.717, 1.165) is 0 Å². The van der Waals surface area contributed by atoms with Gasteiger partial charge in [0.25, 0.3) is 5.91 Å². The Hall–Kier alpha value is -4.49. The van der Waals surface area contributed by atoms with Gasteiger partial charge in [-0.3, -0.25) is 14.6 Å². The summed E-state index contributed by atoms with van der Waals surface area (Å²) in [5.74, 6) is -2.03. The van der Waals surface area contributed by atoms with E-state index in [1.165, 1.54) is 12.3 Å². The van der Waals surface area contributed by atoms with Gasteiger partial charge in [-0.2, -0.15) is 5.26 Å². The quantitative estimate of drug-likeness (QED) is 0.372. The molecule has 1 atom stereocenters. The number of carboxylic acid groups (broad SMARTS) is 1. The zero-order chi connectivity index (χ0) is 23.3. The van der Waals surface area contributed by atoms with Crippen molar-refractivity contribution in [2.45, 2.75) is 18.9 Å². The molecule has 10 heteroatoms. The highest BCUT2D eigenvalue weighted by atomic mass is 16.4.